The second-order valence-electron chi connectivity index (χ2n) is 6.68. The lowest BCUT2D eigenvalue weighted by molar-refractivity contribution is 0.318. The highest BCUT2D eigenvalue weighted by molar-refractivity contribution is 5.83. The van der Waals surface area contributed by atoms with Gasteiger partial charge in [0.15, 0.2) is 11.3 Å². The van der Waals surface area contributed by atoms with Gasteiger partial charge in [0, 0.05) is 31.1 Å². The van der Waals surface area contributed by atoms with Gasteiger partial charge in [0.25, 0.3) is 0 Å². The molecule has 1 aliphatic heterocycles. The number of ether oxygens (including phenoxy) is 1. The summed E-state index contributed by atoms with van der Waals surface area (Å²) in [6, 6.07) is 19.3. The fourth-order valence-electron chi connectivity index (χ4n) is 3.57. The van der Waals surface area contributed by atoms with Crippen LogP contribution < -0.4 is 10.1 Å². The molecule has 0 bridgehead atoms. The van der Waals surface area contributed by atoms with E-state index in [2.05, 4.69) is 52.7 Å². The van der Waals surface area contributed by atoms with Crippen LogP contribution in [0.15, 0.2) is 59.0 Å². The zero-order chi connectivity index (χ0) is 17.1. The summed E-state index contributed by atoms with van der Waals surface area (Å²) >= 11 is 0. The molecule has 1 atom stereocenters. The molecule has 0 aliphatic carbocycles. The van der Waals surface area contributed by atoms with Crippen molar-refractivity contribution in [1.29, 1.82) is 0 Å². The topological polar surface area (TPSA) is 37.6 Å². The van der Waals surface area contributed by atoms with E-state index in [9.17, 15) is 0 Å². The molecule has 130 valence electrons. The molecule has 1 N–H and O–H groups in total. The van der Waals surface area contributed by atoms with Gasteiger partial charge in [-0.2, -0.15) is 0 Å². The van der Waals surface area contributed by atoms with Crippen LogP contribution in [0.2, 0.25) is 0 Å². The number of benzene rings is 2. The van der Waals surface area contributed by atoms with Crippen molar-refractivity contribution in [2.75, 3.05) is 20.2 Å². The number of rotatable bonds is 6. The molecule has 4 nitrogen and oxygen atoms in total. The molecule has 1 saturated heterocycles. The number of likely N-dealkylation sites (tertiary alicyclic amines) is 1. The normalized spacial score (nSPS) is 18.0. The molecule has 2 heterocycles. The Bertz CT molecular complexity index is 828. The average molecular weight is 336 g/mol. The largest absolute Gasteiger partial charge is 0.493 e. The van der Waals surface area contributed by atoms with E-state index in [1.807, 2.05) is 12.1 Å². The maximum Gasteiger partial charge on any atom is 0.176 e. The molecule has 3 aromatic rings. The van der Waals surface area contributed by atoms with E-state index >= 15 is 0 Å². The minimum Gasteiger partial charge on any atom is -0.493 e. The third-order valence-electron chi connectivity index (χ3n) is 4.87. The number of hydrogen-bond donors (Lipinski definition) is 1. The molecule has 0 spiro atoms. The van der Waals surface area contributed by atoms with E-state index < -0.39 is 0 Å². The highest BCUT2D eigenvalue weighted by atomic mass is 16.5. The minimum atomic E-state index is 0.513. The second-order valence-corrected chi connectivity index (χ2v) is 6.68. The average Bonchev–Trinajstić information content (AvgIpc) is 3.26. The summed E-state index contributed by atoms with van der Waals surface area (Å²) in [4.78, 5) is 2.51. The third-order valence-corrected chi connectivity index (χ3v) is 4.87. The lowest BCUT2D eigenvalue weighted by Crippen LogP contribution is -2.31. The van der Waals surface area contributed by atoms with E-state index in [1.165, 1.54) is 12.0 Å². The van der Waals surface area contributed by atoms with Crippen molar-refractivity contribution in [3.63, 3.8) is 0 Å². The first kappa shape index (κ1) is 16.2. The van der Waals surface area contributed by atoms with Crippen molar-refractivity contribution in [3.05, 3.63) is 65.9 Å². The molecular formula is C21H24N2O2. The van der Waals surface area contributed by atoms with Gasteiger partial charge in [-0.1, -0.05) is 42.5 Å². The van der Waals surface area contributed by atoms with Crippen LogP contribution in [-0.2, 0) is 13.1 Å². The highest BCUT2D eigenvalue weighted by Crippen LogP contribution is 2.28. The summed E-state index contributed by atoms with van der Waals surface area (Å²) in [6.45, 7) is 4.00. The molecule has 0 amide bonds. The monoisotopic (exact) mass is 336 g/mol. The molecule has 25 heavy (non-hydrogen) atoms. The fraction of sp³-hybridized carbons (Fsp3) is 0.333. The third kappa shape index (κ3) is 3.70. The predicted octanol–water partition coefficient (Wildman–Crippen LogP) is 3.81. The summed E-state index contributed by atoms with van der Waals surface area (Å²) in [5.41, 5.74) is 2.21. The summed E-state index contributed by atoms with van der Waals surface area (Å²) in [7, 11) is 1.68. The van der Waals surface area contributed by atoms with Gasteiger partial charge in [0.1, 0.15) is 5.76 Å². The Morgan fingerprint density at radius 1 is 1.16 bits per heavy atom. The van der Waals surface area contributed by atoms with E-state index in [-0.39, 0.29) is 0 Å². The van der Waals surface area contributed by atoms with Gasteiger partial charge in [0.2, 0.25) is 0 Å². The van der Waals surface area contributed by atoms with Gasteiger partial charge in [-0.3, -0.25) is 4.90 Å². The Morgan fingerprint density at radius 3 is 2.88 bits per heavy atom. The Kier molecular flexibility index (Phi) is 4.72. The van der Waals surface area contributed by atoms with Crippen LogP contribution in [0.3, 0.4) is 0 Å². The zero-order valence-corrected chi connectivity index (χ0v) is 14.6. The van der Waals surface area contributed by atoms with Crippen LogP contribution in [0.25, 0.3) is 11.0 Å². The number of furan rings is 1. The standard InChI is InChI=1S/C21H24N2O2/c1-24-20-9-5-8-17-12-19(25-21(17)20)13-22-18-10-11-23(15-18)14-16-6-3-2-4-7-16/h2-9,12,18,22H,10-11,13-15H2,1H3/t18-/m1/s1. The lowest BCUT2D eigenvalue weighted by Gasteiger charge is -2.16. The molecular weight excluding hydrogens is 312 g/mol. The maximum absolute atomic E-state index is 5.97. The number of para-hydroxylation sites is 1. The molecule has 4 heteroatoms. The quantitative estimate of drug-likeness (QED) is 0.743. The van der Waals surface area contributed by atoms with Gasteiger partial charge >= 0.3 is 0 Å². The highest BCUT2D eigenvalue weighted by Gasteiger charge is 2.22. The first-order valence-corrected chi connectivity index (χ1v) is 8.87. The predicted molar refractivity (Wildman–Crippen MR) is 99.7 cm³/mol. The SMILES string of the molecule is COc1cccc2cc(CN[C@@H]3CCN(Cc4ccccc4)C3)oc12. The van der Waals surface area contributed by atoms with E-state index in [0.29, 0.717) is 6.04 Å². The molecule has 2 aromatic carbocycles. The van der Waals surface area contributed by atoms with E-state index in [4.69, 9.17) is 9.15 Å². The lowest BCUT2D eigenvalue weighted by atomic mass is 10.2. The van der Waals surface area contributed by atoms with Gasteiger partial charge < -0.3 is 14.5 Å². The van der Waals surface area contributed by atoms with Crippen LogP contribution >= 0.6 is 0 Å². The van der Waals surface area contributed by atoms with Crippen molar-refractivity contribution < 1.29 is 9.15 Å². The molecule has 1 fully saturated rings. The summed E-state index contributed by atoms with van der Waals surface area (Å²) in [5.74, 6) is 1.75. The molecule has 1 aromatic heterocycles. The summed E-state index contributed by atoms with van der Waals surface area (Å²) in [5, 5.41) is 4.73. The number of nitrogens with zero attached hydrogens (tertiary/aromatic N) is 1. The van der Waals surface area contributed by atoms with Crippen LogP contribution in [0.5, 0.6) is 5.75 Å². The van der Waals surface area contributed by atoms with Gasteiger partial charge in [-0.15, -0.1) is 0 Å². The van der Waals surface area contributed by atoms with Crippen molar-refractivity contribution in [1.82, 2.24) is 10.2 Å². The van der Waals surface area contributed by atoms with Crippen molar-refractivity contribution in [3.8, 4) is 5.75 Å². The summed E-state index contributed by atoms with van der Waals surface area (Å²) < 4.78 is 11.3. The fourth-order valence-corrected chi connectivity index (χ4v) is 3.57. The van der Waals surface area contributed by atoms with E-state index in [1.54, 1.807) is 7.11 Å². The number of nitrogens with one attached hydrogen (secondary N) is 1. The van der Waals surface area contributed by atoms with Gasteiger partial charge in [-0.25, -0.2) is 0 Å². The number of methoxy groups -OCH3 is 1. The number of hydrogen-bond acceptors (Lipinski definition) is 4. The first-order chi connectivity index (χ1) is 12.3. The zero-order valence-electron chi connectivity index (χ0n) is 14.6. The molecule has 0 unspecified atom stereocenters. The van der Waals surface area contributed by atoms with Crippen LogP contribution in [-0.4, -0.2) is 31.1 Å². The van der Waals surface area contributed by atoms with Crippen molar-refractivity contribution in [2.45, 2.75) is 25.6 Å². The molecule has 1 aliphatic rings. The second kappa shape index (κ2) is 7.30. The van der Waals surface area contributed by atoms with Crippen molar-refractivity contribution >= 4 is 11.0 Å². The molecule has 0 saturated carbocycles. The first-order valence-electron chi connectivity index (χ1n) is 8.87. The maximum atomic E-state index is 5.97. The van der Waals surface area contributed by atoms with Crippen LogP contribution in [0.4, 0.5) is 0 Å². The number of fused-ring (bicyclic) bond motifs is 1. The van der Waals surface area contributed by atoms with Crippen LogP contribution in [0.1, 0.15) is 17.7 Å². The Morgan fingerprint density at radius 2 is 2.04 bits per heavy atom. The smallest absolute Gasteiger partial charge is 0.176 e. The Balaban J connectivity index is 1.33. The van der Waals surface area contributed by atoms with Gasteiger partial charge in [-0.05, 0) is 24.1 Å². The minimum absolute atomic E-state index is 0.513. The van der Waals surface area contributed by atoms with Crippen LogP contribution in [0, 0.1) is 0 Å². The molecule has 4 rings (SSSR count). The van der Waals surface area contributed by atoms with Gasteiger partial charge in [0.05, 0.1) is 13.7 Å². The Hall–Kier alpha value is -2.30. The summed E-state index contributed by atoms with van der Waals surface area (Å²) in [6.07, 6.45) is 1.18. The van der Waals surface area contributed by atoms with Crippen molar-refractivity contribution in [2.24, 2.45) is 0 Å². The Labute approximate surface area is 148 Å². The molecule has 0 radical (unpaired) electrons. The van der Waals surface area contributed by atoms with E-state index in [0.717, 1.165) is 48.7 Å².